The minimum atomic E-state index is 0.450. The zero-order valence-corrected chi connectivity index (χ0v) is 9.76. The van der Waals surface area contributed by atoms with Crippen molar-refractivity contribution in [1.82, 2.24) is 4.98 Å². The minimum Gasteiger partial charge on any atom is -0.378 e. The Morgan fingerprint density at radius 2 is 2.00 bits per heavy atom. The molecule has 0 aromatic carbocycles. The van der Waals surface area contributed by atoms with Gasteiger partial charge in [-0.25, -0.2) is 4.98 Å². The van der Waals surface area contributed by atoms with E-state index in [4.69, 9.17) is 9.47 Å². The number of morpholine rings is 1. The highest BCUT2D eigenvalue weighted by molar-refractivity contribution is 5.49. The summed E-state index contributed by atoms with van der Waals surface area (Å²) in [4.78, 5) is 6.73. The molecule has 1 aromatic heterocycles. The van der Waals surface area contributed by atoms with Gasteiger partial charge in [-0.1, -0.05) is 0 Å². The van der Waals surface area contributed by atoms with Crippen LogP contribution >= 0.6 is 0 Å². The zero-order valence-electron chi connectivity index (χ0n) is 9.76. The third kappa shape index (κ3) is 2.50. The average Bonchev–Trinajstić information content (AvgIpc) is 2.36. The molecule has 0 atom stereocenters. The van der Waals surface area contributed by atoms with E-state index in [1.54, 1.807) is 0 Å². The van der Waals surface area contributed by atoms with Gasteiger partial charge in [-0.15, -0.1) is 0 Å². The maximum absolute atomic E-state index is 5.32. The van der Waals surface area contributed by atoms with Crippen LogP contribution in [0.1, 0.15) is 0 Å². The van der Waals surface area contributed by atoms with Crippen molar-refractivity contribution in [3.05, 3.63) is 18.3 Å². The average molecular weight is 235 g/mol. The predicted octanol–water partition coefficient (Wildman–Crippen LogP) is 0.729. The fourth-order valence-corrected chi connectivity index (χ4v) is 2.01. The molecule has 0 bridgehead atoms. The van der Waals surface area contributed by atoms with E-state index in [2.05, 4.69) is 27.3 Å². The highest BCUT2D eigenvalue weighted by atomic mass is 16.5. The third-order valence-corrected chi connectivity index (χ3v) is 3.09. The summed E-state index contributed by atoms with van der Waals surface area (Å²) in [7, 11) is 0. The van der Waals surface area contributed by atoms with Crippen LogP contribution in [0.2, 0.25) is 0 Å². The van der Waals surface area contributed by atoms with E-state index in [-0.39, 0.29) is 0 Å². The quantitative estimate of drug-likeness (QED) is 0.837. The van der Waals surface area contributed by atoms with Gasteiger partial charge in [0.2, 0.25) is 0 Å². The van der Waals surface area contributed by atoms with Gasteiger partial charge in [0.1, 0.15) is 5.82 Å². The Hall–Kier alpha value is -1.33. The van der Waals surface area contributed by atoms with Gasteiger partial charge in [-0.3, -0.25) is 0 Å². The molecule has 0 spiro atoms. The molecule has 0 amide bonds. The summed E-state index contributed by atoms with van der Waals surface area (Å²) in [5.74, 6) is 1.03. The van der Waals surface area contributed by atoms with E-state index < -0.39 is 0 Å². The summed E-state index contributed by atoms with van der Waals surface area (Å²) in [5.41, 5.74) is 1.07. The lowest BCUT2D eigenvalue weighted by Gasteiger charge is -2.29. The smallest absolute Gasteiger partial charge is 0.128 e. The maximum Gasteiger partial charge on any atom is 0.128 e. The second-order valence-electron chi connectivity index (χ2n) is 4.38. The van der Waals surface area contributed by atoms with Crippen LogP contribution < -0.4 is 10.2 Å². The van der Waals surface area contributed by atoms with E-state index in [1.807, 2.05) is 6.20 Å². The summed E-state index contributed by atoms with van der Waals surface area (Å²) in [6.45, 7) is 5.03. The molecule has 1 N–H and O–H groups in total. The Morgan fingerprint density at radius 3 is 2.59 bits per heavy atom. The molecule has 2 saturated heterocycles. The van der Waals surface area contributed by atoms with Crippen molar-refractivity contribution in [3.8, 4) is 0 Å². The molecule has 0 unspecified atom stereocenters. The molecule has 1 aromatic rings. The first kappa shape index (κ1) is 10.8. The summed E-state index contributed by atoms with van der Waals surface area (Å²) < 4.78 is 10.4. The van der Waals surface area contributed by atoms with Crippen LogP contribution in [0.25, 0.3) is 0 Å². The molecule has 2 aliphatic rings. The van der Waals surface area contributed by atoms with Crippen LogP contribution in [0.4, 0.5) is 11.5 Å². The molecular weight excluding hydrogens is 218 g/mol. The molecule has 5 nitrogen and oxygen atoms in total. The fraction of sp³-hybridized carbons (Fsp3) is 0.583. The first-order valence-electron chi connectivity index (χ1n) is 6.05. The normalized spacial score (nSPS) is 21.1. The lowest BCUT2D eigenvalue weighted by molar-refractivity contribution is 0.0211. The number of anilines is 2. The van der Waals surface area contributed by atoms with Crippen molar-refractivity contribution in [3.63, 3.8) is 0 Å². The van der Waals surface area contributed by atoms with Crippen molar-refractivity contribution < 1.29 is 9.47 Å². The van der Waals surface area contributed by atoms with Crippen LogP contribution in [0.15, 0.2) is 18.3 Å². The van der Waals surface area contributed by atoms with Crippen LogP contribution in [0, 0.1) is 0 Å². The minimum absolute atomic E-state index is 0.450. The maximum atomic E-state index is 5.32. The second-order valence-corrected chi connectivity index (χ2v) is 4.38. The van der Waals surface area contributed by atoms with Crippen molar-refractivity contribution in [2.75, 3.05) is 49.7 Å². The van der Waals surface area contributed by atoms with Gasteiger partial charge in [0, 0.05) is 13.1 Å². The molecule has 2 fully saturated rings. The summed E-state index contributed by atoms with van der Waals surface area (Å²) in [5, 5.41) is 3.38. The molecule has 2 aliphatic heterocycles. The van der Waals surface area contributed by atoms with Gasteiger partial charge in [-0.2, -0.15) is 0 Å². The number of nitrogens with zero attached hydrogens (tertiary/aromatic N) is 2. The van der Waals surface area contributed by atoms with Gasteiger partial charge in [0.25, 0.3) is 0 Å². The third-order valence-electron chi connectivity index (χ3n) is 3.09. The van der Waals surface area contributed by atoms with Crippen LogP contribution in [0.5, 0.6) is 0 Å². The molecule has 0 radical (unpaired) electrons. The van der Waals surface area contributed by atoms with E-state index >= 15 is 0 Å². The molecule has 0 aliphatic carbocycles. The summed E-state index contributed by atoms with van der Waals surface area (Å²) in [6, 6.07) is 4.59. The highest BCUT2D eigenvalue weighted by Gasteiger charge is 2.18. The Labute approximate surface area is 101 Å². The first-order valence-corrected chi connectivity index (χ1v) is 6.05. The van der Waals surface area contributed by atoms with Crippen molar-refractivity contribution >= 4 is 11.5 Å². The SMILES string of the molecule is c1cc(N2CCOCC2)ncc1NC1COC1. The molecule has 0 saturated carbocycles. The van der Waals surface area contributed by atoms with Gasteiger partial charge >= 0.3 is 0 Å². The topological polar surface area (TPSA) is 46.6 Å². The molecule has 5 heteroatoms. The Balaban J connectivity index is 1.62. The number of aromatic nitrogens is 1. The Bertz CT molecular complexity index is 359. The lowest BCUT2D eigenvalue weighted by atomic mass is 10.2. The van der Waals surface area contributed by atoms with E-state index in [1.165, 1.54) is 0 Å². The van der Waals surface area contributed by atoms with E-state index in [0.717, 1.165) is 51.0 Å². The van der Waals surface area contributed by atoms with E-state index in [9.17, 15) is 0 Å². The van der Waals surface area contributed by atoms with Gasteiger partial charge in [-0.05, 0) is 12.1 Å². The fourth-order valence-electron chi connectivity index (χ4n) is 2.01. The largest absolute Gasteiger partial charge is 0.378 e. The number of nitrogens with one attached hydrogen (secondary N) is 1. The number of hydrogen-bond donors (Lipinski definition) is 1. The van der Waals surface area contributed by atoms with Gasteiger partial charge in [0.15, 0.2) is 0 Å². The number of pyridine rings is 1. The summed E-state index contributed by atoms with van der Waals surface area (Å²) >= 11 is 0. The molecule has 17 heavy (non-hydrogen) atoms. The van der Waals surface area contributed by atoms with Crippen molar-refractivity contribution in [2.24, 2.45) is 0 Å². The van der Waals surface area contributed by atoms with E-state index in [0.29, 0.717) is 6.04 Å². The number of rotatable bonds is 3. The number of ether oxygens (including phenoxy) is 2. The molecule has 3 heterocycles. The van der Waals surface area contributed by atoms with Crippen LogP contribution in [-0.2, 0) is 9.47 Å². The molecule has 92 valence electrons. The highest BCUT2D eigenvalue weighted by Crippen LogP contribution is 2.17. The monoisotopic (exact) mass is 235 g/mol. The van der Waals surface area contributed by atoms with Gasteiger partial charge in [0.05, 0.1) is 44.4 Å². The second kappa shape index (κ2) is 4.89. The predicted molar refractivity (Wildman–Crippen MR) is 65.5 cm³/mol. The first-order chi connectivity index (χ1) is 8.42. The molecular formula is C12H17N3O2. The summed E-state index contributed by atoms with van der Waals surface area (Å²) in [6.07, 6.45) is 1.89. The standard InChI is InChI=1S/C12H17N3O2/c1-2-12(15-3-5-16-6-4-15)13-7-10(1)14-11-8-17-9-11/h1-2,7,11,14H,3-6,8-9H2. The Morgan fingerprint density at radius 1 is 1.18 bits per heavy atom. The van der Waals surface area contributed by atoms with Crippen LogP contribution in [0.3, 0.4) is 0 Å². The van der Waals surface area contributed by atoms with Crippen LogP contribution in [-0.4, -0.2) is 50.5 Å². The van der Waals surface area contributed by atoms with Gasteiger partial charge < -0.3 is 19.7 Å². The van der Waals surface area contributed by atoms with Crippen molar-refractivity contribution in [2.45, 2.75) is 6.04 Å². The van der Waals surface area contributed by atoms with Crippen molar-refractivity contribution in [1.29, 1.82) is 0 Å². The number of hydrogen-bond acceptors (Lipinski definition) is 5. The zero-order chi connectivity index (χ0) is 11.5. The lowest BCUT2D eigenvalue weighted by Crippen LogP contribution is -2.40. The Kier molecular flexibility index (Phi) is 3.11. The molecule has 3 rings (SSSR count).